The Morgan fingerprint density at radius 3 is 2.61 bits per heavy atom. The van der Waals surface area contributed by atoms with Gasteiger partial charge in [-0.25, -0.2) is 9.97 Å². The predicted octanol–water partition coefficient (Wildman–Crippen LogP) is 3.38. The number of nitrogens with one attached hydrogen (secondary N) is 3. The van der Waals surface area contributed by atoms with E-state index in [2.05, 4.69) is 30.8 Å². The number of carbonyl (C=O) groups excluding carboxylic acids is 1. The molecular formula is C19H22N6O2S. The lowest BCUT2D eigenvalue weighted by Gasteiger charge is -2.08. The van der Waals surface area contributed by atoms with Crippen LogP contribution in [0.25, 0.3) is 0 Å². The Bertz CT molecular complexity index is 942. The number of amides is 1. The summed E-state index contributed by atoms with van der Waals surface area (Å²) in [5.74, 6) is 1.88. The van der Waals surface area contributed by atoms with Crippen molar-refractivity contribution >= 4 is 35.0 Å². The molecular weight excluding hydrogens is 376 g/mol. The van der Waals surface area contributed by atoms with Crippen LogP contribution in [0, 0.1) is 6.92 Å². The standard InChI is InChI=1S/C19H22N6O2S/c1-3-18(27)20-14-6-4-13(5-7-14)11-28-19-21-15(10-26)9-16(23-19)22-17-8-12(2)24-25-17/h4-9,26H,3,10-11H2,1-2H3,(H,20,27)(H2,21,22,23,24,25). The molecule has 3 aromatic rings. The zero-order valence-corrected chi connectivity index (χ0v) is 16.5. The molecule has 9 heteroatoms. The van der Waals surface area contributed by atoms with Gasteiger partial charge in [0.15, 0.2) is 11.0 Å². The third-order valence-corrected chi connectivity index (χ3v) is 4.73. The zero-order chi connectivity index (χ0) is 19.9. The van der Waals surface area contributed by atoms with Crippen molar-refractivity contribution in [2.75, 3.05) is 10.6 Å². The average molecular weight is 398 g/mol. The number of aliphatic hydroxyl groups is 1. The molecule has 3 rings (SSSR count). The fourth-order valence-electron chi connectivity index (χ4n) is 2.38. The van der Waals surface area contributed by atoms with Gasteiger partial charge in [-0.3, -0.25) is 9.89 Å². The maximum absolute atomic E-state index is 11.4. The Balaban J connectivity index is 1.66. The number of aryl methyl sites for hydroxylation is 1. The number of anilines is 3. The molecule has 8 nitrogen and oxygen atoms in total. The van der Waals surface area contributed by atoms with Gasteiger partial charge in [-0.2, -0.15) is 5.10 Å². The molecule has 1 amide bonds. The van der Waals surface area contributed by atoms with Crippen LogP contribution in [0.5, 0.6) is 0 Å². The first kappa shape index (κ1) is 19.8. The molecule has 0 aliphatic rings. The molecule has 146 valence electrons. The molecule has 1 aromatic carbocycles. The second kappa shape index (κ2) is 9.34. The Morgan fingerprint density at radius 1 is 1.18 bits per heavy atom. The van der Waals surface area contributed by atoms with Crippen LogP contribution in [-0.4, -0.2) is 31.2 Å². The number of hydrogen-bond acceptors (Lipinski definition) is 7. The van der Waals surface area contributed by atoms with Crippen LogP contribution in [0.4, 0.5) is 17.3 Å². The number of carbonyl (C=O) groups is 1. The lowest BCUT2D eigenvalue weighted by atomic mass is 10.2. The largest absolute Gasteiger partial charge is 0.390 e. The zero-order valence-electron chi connectivity index (χ0n) is 15.7. The van der Waals surface area contributed by atoms with Crippen LogP contribution in [0.3, 0.4) is 0 Å². The third-order valence-electron chi connectivity index (χ3n) is 3.81. The minimum atomic E-state index is -0.170. The van der Waals surface area contributed by atoms with Gasteiger partial charge < -0.3 is 15.7 Å². The van der Waals surface area contributed by atoms with Crippen LogP contribution < -0.4 is 10.6 Å². The molecule has 2 heterocycles. The number of aromatic nitrogens is 4. The minimum absolute atomic E-state index is 0.0107. The second-order valence-electron chi connectivity index (χ2n) is 6.13. The van der Waals surface area contributed by atoms with E-state index in [0.29, 0.717) is 34.7 Å². The van der Waals surface area contributed by atoms with Gasteiger partial charge in [0.25, 0.3) is 0 Å². The summed E-state index contributed by atoms with van der Waals surface area (Å²) in [7, 11) is 0. The number of aromatic amines is 1. The Morgan fingerprint density at radius 2 is 1.96 bits per heavy atom. The van der Waals surface area contributed by atoms with E-state index in [0.717, 1.165) is 16.9 Å². The van der Waals surface area contributed by atoms with E-state index in [9.17, 15) is 9.90 Å². The number of aliphatic hydroxyl groups excluding tert-OH is 1. The molecule has 0 spiro atoms. The summed E-state index contributed by atoms with van der Waals surface area (Å²) < 4.78 is 0. The van der Waals surface area contributed by atoms with Crippen molar-refractivity contribution in [1.82, 2.24) is 20.2 Å². The maximum Gasteiger partial charge on any atom is 0.224 e. The van der Waals surface area contributed by atoms with Crippen molar-refractivity contribution in [2.45, 2.75) is 37.8 Å². The maximum atomic E-state index is 11.4. The molecule has 28 heavy (non-hydrogen) atoms. The normalized spacial score (nSPS) is 10.7. The van der Waals surface area contributed by atoms with Crippen molar-refractivity contribution in [3.63, 3.8) is 0 Å². The first-order chi connectivity index (χ1) is 13.6. The van der Waals surface area contributed by atoms with Gasteiger partial charge in [-0.05, 0) is 24.6 Å². The van der Waals surface area contributed by atoms with Gasteiger partial charge in [-0.15, -0.1) is 0 Å². The number of hydrogen-bond donors (Lipinski definition) is 4. The first-order valence-corrected chi connectivity index (χ1v) is 9.83. The van der Waals surface area contributed by atoms with Crippen molar-refractivity contribution in [1.29, 1.82) is 0 Å². The van der Waals surface area contributed by atoms with E-state index in [1.807, 2.05) is 44.2 Å². The molecule has 0 unspecified atom stereocenters. The Kier molecular flexibility index (Phi) is 6.62. The lowest BCUT2D eigenvalue weighted by Crippen LogP contribution is -2.09. The minimum Gasteiger partial charge on any atom is -0.390 e. The highest BCUT2D eigenvalue weighted by Crippen LogP contribution is 2.23. The number of thioether (sulfide) groups is 1. The predicted molar refractivity (Wildman–Crippen MR) is 109 cm³/mol. The first-order valence-electron chi connectivity index (χ1n) is 8.85. The van der Waals surface area contributed by atoms with Crippen LogP contribution in [0.15, 0.2) is 41.6 Å². The summed E-state index contributed by atoms with van der Waals surface area (Å²) in [5, 5.41) is 23.0. The van der Waals surface area contributed by atoms with Crippen molar-refractivity contribution in [2.24, 2.45) is 0 Å². The second-order valence-corrected chi connectivity index (χ2v) is 7.08. The summed E-state index contributed by atoms with van der Waals surface area (Å²) in [6.45, 7) is 3.56. The highest BCUT2D eigenvalue weighted by Gasteiger charge is 2.08. The quantitative estimate of drug-likeness (QED) is 0.339. The summed E-state index contributed by atoms with van der Waals surface area (Å²) in [6, 6.07) is 11.2. The van der Waals surface area contributed by atoms with E-state index in [-0.39, 0.29) is 12.5 Å². The summed E-state index contributed by atoms with van der Waals surface area (Å²) in [6.07, 6.45) is 0.449. The molecule has 0 saturated carbocycles. The van der Waals surface area contributed by atoms with Crippen LogP contribution in [0.1, 0.15) is 30.3 Å². The van der Waals surface area contributed by atoms with Crippen molar-refractivity contribution in [3.8, 4) is 0 Å². The van der Waals surface area contributed by atoms with Gasteiger partial charge >= 0.3 is 0 Å². The third kappa shape index (κ3) is 5.54. The summed E-state index contributed by atoms with van der Waals surface area (Å²) >= 11 is 1.47. The molecule has 0 bridgehead atoms. The molecule has 0 aliphatic heterocycles. The van der Waals surface area contributed by atoms with E-state index in [1.165, 1.54) is 11.8 Å². The number of H-pyrrole nitrogens is 1. The molecule has 4 N–H and O–H groups in total. The smallest absolute Gasteiger partial charge is 0.224 e. The van der Waals surface area contributed by atoms with Crippen molar-refractivity contribution < 1.29 is 9.90 Å². The van der Waals surface area contributed by atoms with E-state index < -0.39 is 0 Å². The van der Waals surface area contributed by atoms with E-state index in [4.69, 9.17) is 0 Å². The highest BCUT2D eigenvalue weighted by molar-refractivity contribution is 7.98. The van der Waals surface area contributed by atoms with E-state index in [1.54, 1.807) is 6.07 Å². The number of benzene rings is 1. The van der Waals surface area contributed by atoms with Crippen LogP contribution >= 0.6 is 11.8 Å². The monoisotopic (exact) mass is 398 g/mol. The Labute approximate surface area is 167 Å². The Hall–Kier alpha value is -2.91. The molecule has 0 aliphatic carbocycles. The van der Waals surface area contributed by atoms with Crippen molar-refractivity contribution in [3.05, 3.63) is 53.3 Å². The van der Waals surface area contributed by atoms with E-state index >= 15 is 0 Å². The fourth-order valence-corrected chi connectivity index (χ4v) is 3.21. The topological polar surface area (TPSA) is 116 Å². The number of nitrogens with zero attached hydrogens (tertiary/aromatic N) is 3. The molecule has 0 radical (unpaired) electrons. The van der Waals surface area contributed by atoms with Crippen LogP contribution in [0.2, 0.25) is 0 Å². The lowest BCUT2D eigenvalue weighted by molar-refractivity contribution is -0.115. The SMILES string of the molecule is CCC(=O)Nc1ccc(CSc2nc(CO)cc(Nc3cc(C)[nH]n3)n2)cc1. The molecule has 2 aromatic heterocycles. The van der Waals surface area contributed by atoms with Gasteiger partial charge in [0, 0.05) is 35.7 Å². The van der Waals surface area contributed by atoms with Gasteiger partial charge in [0.1, 0.15) is 5.82 Å². The van der Waals surface area contributed by atoms with Crippen LogP contribution in [-0.2, 0) is 17.2 Å². The molecule has 0 atom stereocenters. The van der Waals surface area contributed by atoms with Gasteiger partial charge in [0.05, 0.1) is 12.3 Å². The van der Waals surface area contributed by atoms with Gasteiger partial charge in [0.2, 0.25) is 5.91 Å². The molecule has 0 saturated heterocycles. The molecule has 0 fully saturated rings. The summed E-state index contributed by atoms with van der Waals surface area (Å²) in [4.78, 5) is 20.3. The highest BCUT2D eigenvalue weighted by atomic mass is 32.2. The average Bonchev–Trinajstić information content (AvgIpc) is 3.11. The van der Waals surface area contributed by atoms with Gasteiger partial charge in [-0.1, -0.05) is 30.8 Å². The fraction of sp³-hybridized carbons (Fsp3) is 0.263. The number of rotatable bonds is 8. The summed E-state index contributed by atoms with van der Waals surface area (Å²) in [5.41, 5.74) is 3.33.